The van der Waals surface area contributed by atoms with E-state index in [1.807, 2.05) is 0 Å². The molecule has 1 aromatic carbocycles. The first-order chi connectivity index (χ1) is 7.50. The number of aliphatic hydroxyl groups excluding tert-OH is 1. The zero-order valence-corrected chi connectivity index (χ0v) is 9.11. The van der Waals surface area contributed by atoms with E-state index in [0.717, 1.165) is 7.11 Å². The monoisotopic (exact) mass is 240 g/mol. The number of ether oxygens (including phenoxy) is 1. The highest BCUT2D eigenvalue weighted by atomic mass is 32.2. The maximum absolute atomic E-state index is 11.9. The molecule has 0 spiro atoms. The van der Waals surface area contributed by atoms with Crippen LogP contribution in [0.2, 0.25) is 0 Å². The van der Waals surface area contributed by atoms with Gasteiger partial charge >= 0.3 is 5.97 Å². The van der Waals surface area contributed by atoms with E-state index in [1.165, 1.54) is 18.2 Å². The number of fused-ring (bicyclic) bond motifs is 1. The average Bonchev–Trinajstić information content (AvgIpc) is 2.47. The van der Waals surface area contributed by atoms with Crippen LogP contribution in [0, 0.1) is 0 Å². The molecule has 2 rings (SSSR count). The summed E-state index contributed by atoms with van der Waals surface area (Å²) in [5.74, 6) is -1.61. The van der Waals surface area contributed by atoms with Gasteiger partial charge in [0.1, 0.15) is 0 Å². The van der Waals surface area contributed by atoms with Crippen molar-refractivity contribution in [1.29, 1.82) is 0 Å². The predicted octanol–water partition coefficient (Wildman–Crippen LogP) is 0.873. The van der Waals surface area contributed by atoms with Gasteiger partial charge in [0.15, 0.2) is 10.7 Å². The normalized spacial score (nSPS) is 17.1. The van der Waals surface area contributed by atoms with Gasteiger partial charge in [-0.15, -0.1) is 0 Å². The Labute approximate surface area is 91.9 Å². The fourth-order valence-corrected chi connectivity index (χ4v) is 3.15. The lowest BCUT2D eigenvalue weighted by Crippen LogP contribution is -2.12. The second-order valence-corrected chi connectivity index (χ2v) is 5.02. The Hall–Kier alpha value is -1.82. The molecule has 1 N–H and O–H groups in total. The van der Waals surface area contributed by atoms with Crippen LogP contribution in [-0.2, 0) is 19.4 Å². The fraction of sp³-hybridized carbons (Fsp3) is 0.100. The molecule has 6 heteroatoms. The van der Waals surface area contributed by atoms with Crippen LogP contribution in [0.15, 0.2) is 34.1 Å². The molecule has 0 unspecified atom stereocenters. The van der Waals surface area contributed by atoms with Gasteiger partial charge in [-0.05, 0) is 12.1 Å². The topological polar surface area (TPSA) is 80.7 Å². The van der Waals surface area contributed by atoms with Crippen LogP contribution in [0.5, 0.6) is 0 Å². The lowest BCUT2D eigenvalue weighted by Gasteiger charge is -2.00. The van der Waals surface area contributed by atoms with Crippen molar-refractivity contribution in [3.05, 3.63) is 34.7 Å². The van der Waals surface area contributed by atoms with Gasteiger partial charge in [-0.1, -0.05) is 12.1 Å². The maximum atomic E-state index is 11.9. The number of carbonyl (C=O) groups excluding carboxylic acids is 1. The lowest BCUT2D eigenvalue weighted by molar-refractivity contribution is -0.135. The summed E-state index contributed by atoms with van der Waals surface area (Å²) >= 11 is 0. The van der Waals surface area contributed by atoms with E-state index in [1.54, 1.807) is 6.07 Å². The van der Waals surface area contributed by atoms with Crippen LogP contribution in [0.3, 0.4) is 0 Å². The second-order valence-electron chi connectivity index (χ2n) is 3.17. The summed E-state index contributed by atoms with van der Waals surface area (Å²) in [6, 6.07) is 5.85. The number of hydrogen-bond donors (Lipinski definition) is 1. The molecule has 0 radical (unpaired) electrons. The van der Waals surface area contributed by atoms with Crippen molar-refractivity contribution in [3.8, 4) is 0 Å². The molecule has 84 valence electrons. The van der Waals surface area contributed by atoms with Crippen LogP contribution in [-0.4, -0.2) is 26.6 Å². The molecule has 1 heterocycles. The zero-order chi connectivity index (χ0) is 11.9. The molecule has 1 aliphatic rings. The smallest absolute Gasteiger partial charge is 0.353 e. The molecule has 1 aromatic rings. The Morgan fingerprint density at radius 3 is 2.50 bits per heavy atom. The summed E-state index contributed by atoms with van der Waals surface area (Å²) in [5, 5.41) is 9.68. The number of aliphatic hydroxyl groups is 1. The van der Waals surface area contributed by atoms with E-state index in [0.29, 0.717) is 0 Å². The van der Waals surface area contributed by atoms with Gasteiger partial charge in [0.05, 0.1) is 12.0 Å². The van der Waals surface area contributed by atoms with Crippen molar-refractivity contribution in [3.63, 3.8) is 0 Å². The third-order valence-electron chi connectivity index (χ3n) is 2.29. The first kappa shape index (κ1) is 10.7. The van der Waals surface area contributed by atoms with Gasteiger partial charge < -0.3 is 9.84 Å². The van der Waals surface area contributed by atoms with Gasteiger partial charge in [0.2, 0.25) is 9.84 Å². The Morgan fingerprint density at radius 1 is 1.31 bits per heavy atom. The molecule has 0 saturated carbocycles. The molecule has 0 saturated heterocycles. The van der Waals surface area contributed by atoms with Crippen molar-refractivity contribution >= 4 is 21.6 Å². The molecule has 0 amide bonds. The predicted molar refractivity (Wildman–Crippen MR) is 55.2 cm³/mol. The lowest BCUT2D eigenvalue weighted by atomic mass is 10.2. The number of rotatable bonds is 1. The SMILES string of the molecule is COC(=O)C1=C(O)c2ccccc2S1(=O)=O. The molecule has 16 heavy (non-hydrogen) atoms. The van der Waals surface area contributed by atoms with Crippen LogP contribution in [0.1, 0.15) is 5.56 Å². The maximum Gasteiger partial charge on any atom is 0.353 e. The van der Waals surface area contributed by atoms with Crippen LogP contribution in [0.4, 0.5) is 0 Å². The van der Waals surface area contributed by atoms with E-state index >= 15 is 0 Å². The third-order valence-corrected chi connectivity index (χ3v) is 4.12. The van der Waals surface area contributed by atoms with Crippen LogP contribution in [0.25, 0.3) is 5.76 Å². The van der Waals surface area contributed by atoms with Crippen LogP contribution < -0.4 is 0 Å². The van der Waals surface area contributed by atoms with Gasteiger partial charge in [-0.25, -0.2) is 13.2 Å². The molecule has 1 aliphatic heterocycles. The quantitative estimate of drug-likeness (QED) is 0.737. The standard InChI is InChI=1S/C10H8O5S/c1-15-10(12)9-8(11)6-4-2-3-5-7(6)16(9,13)14/h2-5,11H,1H3. The Morgan fingerprint density at radius 2 is 1.94 bits per heavy atom. The molecule has 0 bridgehead atoms. The van der Waals surface area contributed by atoms with Crippen molar-refractivity contribution in [2.45, 2.75) is 4.90 Å². The summed E-state index contributed by atoms with van der Waals surface area (Å²) in [5.41, 5.74) is 0.128. The fourth-order valence-electron chi connectivity index (χ4n) is 1.56. The summed E-state index contributed by atoms with van der Waals surface area (Å²) in [7, 11) is -2.90. The highest BCUT2D eigenvalue weighted by molar-refractivity contribution is 7.96. The Balaban J connectivity index is 2.77. The minimum atomic E-state index is -3.95. The third kappa shape index (κ3) is 1.23. The largest absolute Gasteiger partial charge is 0.506 e. The van der Waals surface area contributed by atoms with E-state index in [2.05, 4.69) is 4.74 Å². The van der Waals surface area contributed by atoms with E-state index in [-0.39, 0.29) is 10.5 Å². The van der Waals surface area contributed by atoms with E-state index in [4.69, 9.17) is 0 Å². The molecule has 0 aromatic heterocycles. The number of benzene rings is 1. The Bertz CT molecular complexity index is 597. The van der Waals surface area contributed by atoms with Crippen molar-refractivity contribution < 1.29 is 23.1 Å². The molecular weight excluding hydrogens is 232 g/mol. The van der Waals surface area contributed by atoms with Crippen molar-refractivity contribution in [2.24, 2.45) is 0 Å². The van der Waals surface area contributed by atoms with Gasteiger partial charge in [-0.3, -0.25) is 0 Å². The minimum absolute atomic E-state index is 0.0760. The molecule has 5 nitrogen and oxygen atoms in total. The molecule has 0 aliphatic carbocycles. The summed E-state index contributed by atoms with van der Waals surface area (Å²) < 4.78 is 28.1. The molecule has 0 fully saturated rings. The zero-order valence-electron chi connectivity index (χ0n) is 8.30. The van der Waals surface area contributed by atoms with Gasteiger partial charge in [-0.2, -0.15) is 0 Å². The number of carbonyl (C=O) groups is 1. The summed E-state index contributed by atoms with van der Waals surface area (Å²) in [6.07, 6.45) is 0. The number of hydrogen-bond acceptors (Lipinski definition) is 5. The molecular formula is C10H8O5S. The minimum Gasteiger partial charge on any atom is -0.506 e. The van der Waals surface area contributed by atoms with Crippen molar-refractivity contribution in [2.75, 3.05) is 7.11 Å². The van der Waals surface area contributed by atoms with E-state index < -0.39 is 26.5 Å². The van der Waals surface area contributed by atoms with Gasteiger partial charge in [0.25, 0.3) is 0 Å². The van der Waals surface area contributed by atoms with E-state index in [9.17, 15) is 18.3 Å². The summed E-state index contributed by atoms with van der Waals surface area (Å²) in [6.45, 7) is 0. The second kappa shape index (κ2) is 3.34. The average molecular weight is 240 g/mol. The van der Waals surface area contributed by atoms with Crippen LogP contribution >= 0.6 is 0 Å². The highest BCUT2D eigenvalue weighted by Gasteiger charge is 2.40. The number of esters is 1. The highest BCUT2D eigenvalue weighted by Crippen LogP contribution is 2.37. The Kier molecular flexibility index (Phi) is 2.23. The first-order valence-electron chi connectivity index (χ1n) is 4.36. The van der Waals surface area contributed by atoms with Crippen molar-refractivity contribution in [1.82, 2.24) is 0 Å². The number of sulfone groups is 1. The first-order valence-corrected chi connectivity index (χ1v) is 5.84. The summed E-state index contributed by atoms with van der Waals surface area (Å²) in [4.78, 5) is 10.5. The van der Waals surface area contributed by atoms with Gasteiger partial charge in [0, 0.05) is 5.56 Å². The molecule has 0 atom stereocenters. The number of methoxy groups -OCH3 is 1.